The molecule has 3 aliphatic rings. The van der Waals surface area contributed by atoms with Crippen LogP contribution in [-0.2, 0) is 36.7 Å². The van der Waals surface area contributed by atoms with E-state index in [0.717, 1.165) is 17.9 Å². The largest absolute Gasteiger partial charge is 0.472 e. The Morgan fingerprint density at radius 1 is 1.07 bits per heavy atom. The Bertz CT molecular complexity index is 1960. The molecule has 3 aliphatic heterocycles. The lowest BCUT2D eigenvalue weighted by Gasteiger charge is -2.26. The number of H-pyrrole nitrogens is 1. The smallest absolute Gasteiger partial charge is 0.396 e. The van der Waals surface area contributed by atoms with E-state index in [1.807, 2.05) is 0 Å². The normalized spacial score (nSPS) is 37.2. The maximum absolute atomic E-state index is 16.0. The number of phosphoric acid groups is 2. The Kier molecular flexibility index (Phi) is 8.06. The van der Waals surface area contributed by atoms with Gasteiger partial charge >= 0.3 is 15.6 Å². The molecule has 2 unspecified atom stereocenters. The second-order valence-electron chi connectivity index (χ2n) is 10.6. The van der Waals surface area contributed by atoms with E-state index in [9.17, 15) is 28.8 Å². The number of rotatable bonds is 3. The van der Waals surface area contributed by atoms with Gasteiger partial charge < -0.3 is 35.1 Å². The van der Waals surface area contributed by atoms with Crippen LogP contribution in [0.5, 0.6) is 0 Å². The number of aromatic nitrogens is 7. The molecule has 7 rings (SSSR count). The van der Waals surface area contributed by atoms with Crippen LogP contribution in [0, 0.1) is 12.8 Å². The predicted molar refractivity (Wildman–Crippen MR) is 151 cm³/mol. The zero-order valence-electron chi connectivity index (χ0n) is 23.4. The van der Waals surface area contributed by atoms with Crippen molar-refractivity contribution in [1.29, 1.82) is 0 Å². The molecule has 24 heteroatoms. The standard InChI is InChI=1S/C22H25FN8O12P2S/c1-7-28-20-14(21(33)29-7)27-6-31(20)22-15-8(2-32)9(41-22)3-38-45(36,37)43-16-10(4-39-44(34,35)42-15)40-17(11(16)23)18-12-13(30-46-18)19(24)26-5-25-12/h5-6,8-11,15-17,22,32H,2-4H2,1H3,(H,34,35)(H,36,37)(H2,24,25,26)(H,28,29,33)/t8-,9-,10-,11+,15-,16-,17-,22-/m1/s1. The lowest BCUT2D eigenvalue weighted by atomic mass is 9.99. The summed E-state index contributed by atoms with van der Waals surface area (Å²) in [6.45, 7) is -0.781. The van der Waals surface area contributed by atoms with Gasteiger partial charge in [-0.1, -0.05) is 0 Å². The number of aliphatic hydroxyl groups excluding tert-OH is 1. The number of fused-ring (bicyclic) bond motifs is 5. The van der Waals surface area contributed by atoms with Crippen molar-refractivity contribution in [1.82, 2.24) is 33.9 Å². The van der Waals surface area contributed by atoms with E-state index in [1.54, 1.807) is 0 Å². The molecule has 3 saturated heterocycles. The molecule has 248 valence electrons. The number of hydrogen-bond acceptors (Lipinski definition) is 17. The molecule has 20 nitrogen and oxygen atoms in total. The molecule has 4 aromatic heterocycles. The average Bonchev–Trinajstić information content (AvgIpc) is 3.75. The minimum Gasteiger partial charge on any atom is -0.396 e. The molecule has 4 aromatic rings. The van der Waals surface area contributed by atoms with Gasteiger partial charge in [0.05, 0.1) is 37.1 Å². The first-order valence-corrected chi connectivity index (χ1v) is 17.3. The van der Waals surface area contributed by atoms with Crippen LogP contribution in [0.4, 0.5) is 10.2 Å². The molecule has 10 atom stereocenters. The fourth-order valence-electron chi connectivity index (χ4n) is 5.62. The number of nitrogens with two attached hydrogens (primary N) is 1. The number of ether oxygens (including phenoxy) is 2. The first-order valence-electron chi connectivity index (χ1n) is 13.5. The molecule has 7 heterocycles. The number of hydrogen-bond donors (Lipinski definition) is 5. The highest BCUT2D eigenvalue weighted by Crippen LogP contribution is 2.55. The predicted octanol–water partition coefficient (Wildman–Crippen LogP) is 0.412. The molecule has 0 amide bonds. The second kappa shape index (κ2) is 11.7. The highest BCUT2D eigenvalue weighted by Gasteiger charge is 2.54. The zero-order valence-corrected chi connectivity index (χ0v) is 26.0. The summed E-state index contributed by atoms with van der Waals surface area (Å²) in [4.78, 5) is 52.8. The van der Waals surface area contributed by atoms with Gasteiger partial charge in [0, 0.05) is 5.92 Å². The Hall–Kier alpha value is -2.85. The van der Waals surface area contributed by atoms with Gasteiger partial charge in [-0.15, -0.1) is 0 Å². The van der Waals surface area contributed by atoms with Crippen molar-refractivity contribution in [2.45, 2.75) is 49.8 Å². The first-order chi connectivity index (χ1) is 21.9. The summed E-state index contributed by atoms with van der Waals surface area (Å²) in [5.74, 6) is -0.895. The lowest BCUT2D eigenvalue weighted by Crippen LogP contribution is -2.34. The van der Waals surface area contributed by atoms with Gasteiger partial charge in [-0.2, -0.15) is 4.37 Å². The number of nitrogens with zero attached hydrogens (tertiary/aromatic N) is 6. The third kappa shape index (κ3) is 5.57. The minimum absolute atomic E-state index is 0.0222. The Morgan fingerprint density at radius 3 is 2.52 bits per heavy atom. The molecule has 0 radical (unpaired) electrons. The molecule has 3 fully saturated rings. The van der Waals surface area contributed by atoms with E-state index in [-0.39, 0.29) is 38.7 Å². The fourth-order valence-corrected chi connectivity index (χ4v) is 8.43. The molecule has 2 bridgehead atoms. The van der Waals surface area contributed by atoms with E-state index in [4.69, 9.17) is 33.3 Å². The number of aryl methyl sites for hydroxylation is 1. The molecular weight excluding hydrogens is 681 g/mol. The Balaban J connectivity index is 1.22. The van der Waals surface area contributed by atoms with Crippen LogP contribution in [-0.4, -0.2) is 99.2 Å². The van der Waals surface area contributed by atoms with E-state index in [1.165, 1.54) is 17.8 Å². The number of phosphoric ester groups is 2. The quantitative estimate of drug-likeness (QED) is 0.180. The van der Waals surface area contributed by atoms with Gasteiger partial charge in [0.2, 0.25) is 0 Å². The summed E-state index contributed by atoms with van der Waals surface area (Å²) in [6.07, 6.45) is -8.78. The van der Waals surface area contributed by atoms with Gasteiger partial charge in [0.25, 0.3) is 5.56 Å². The van der Waals surface area contributed by atoms with Crippen LogP contribution in [0.25, 0.3) is 22.2 Å². The summed E-state index contributed by atoms with van der Waals surface area (Å²) in [6, 6.07) is 0. The minimum atomic E-state index is -5.10. The van der Waals surface area contributed by atoms with E-state index in [2.05, 4.69) is 29.3 Å². The summed E-state index contributed by atoms with van der Waals surface area (Å²) < 4.78 is 80.7. The van der Waals surface area contributed by atoms with Crippen molar-refractivity contribution in [2.24, 2.45) is 5.92 Å². The fraction of sp³-hybridized carbons (Fsp3) is 0.545. The van der Waals surface area contributed by atoms with E-state index >= 15 is 4.39 Å². The zero-order chi connectivity index (χ0) is 32.5. The number of imidazole rings is 1. The molecular formula is C22H25FN8O12P2S. The average molecular weight is 706 g/mol. The van der Waals surface area contributed by atoms with Gasteiger partial charge in [-0.05, 0) is 18.5 Å². The number of anilines is 1. The Labute approximate surface area is 260 Å². The number of alkyl halides is 1. The highest BCUT2D eigenvalue weighted by atomic mass is 32.1. The maximum atomic E-state index is 16.0. The van der Waals surface area contributed by atoms with Crippen molar-refractivity contribution in [3.05, 3.63) is 33.7 Å². The number of nitrogen functional groups attached to an aromatic ring is 1. The van der Waals surface area contributed by atoms with Crippen molar-refractivity contribution in [3.63, 3.8) is 0 Å². The summed E-state index contributed by atoms with van der Waals surface area (Å²) >= 11 is 0.804. The number of nitrogens with one attached hydrogen (secondary N) is 1. The summed E-state index contributed by atoms with van der Waals surface area (Å²) in [5.41, 5.74) is 5.57. The highest BCUT2D eigenvalue weighted by molar-refractivity contribution is 7.47. The van der Waals surface area contributed by atoms with Gasteiger partial charge in [-0.3, -0.25) is 27.5 Å². The van der Waals surface area contributed by atoms with Gasteiger partial charge in [0.1, 0.15) is 47.6 Å². The molecule has 46 heavy (non-hydrogen) atoms. The van der Waals surface area contributed by atoms with Crippen LogP contribution in [0.15, 0.2) is 17.4 Å². The second-order valence-corrected chi connectivity index (χ2v) is 14.2. The van der Waals surface area contributed by atoms with Crippen LogP contribution < -0.4 is 11.3 Å². The van der Waals surface area contributed by atoms with Crippen LogP contribution in [0.2, 0.25) is 0 Å². The van der Waals surface area contributed by atoms with Crippen LogP contribution >= 0.6 is 27.2 Å². The van der Waals surface area contributed by atoms with Crippen molar-refractivity contribution >= 4 is 55.2 Å². The molecule has 0 aliphatic carbocycles. The van der Waals surface area contributed by atoms with Crippen molar-refractivity contribution < 1.29 is 56.0 Å². The monoisotopic (exact) mass is 706 g/mol. The van der Waals surface area contributed by atoms with Gasteiger partial charge in [-0.25, -0.2) is 33.5 Å². The third-order valence-corrected chi connectivity index (χ3v) is 10.6. The van der Waals surface area contributed by atoms with E-state index in [0.29, 0.717) is 0 Å². The molecule has 0 aromatic carbocycles. The Morgan fingerprint density at radius 2 is 1.78 bits per heavy atom. The van der Waals surface area contributed by atoms with E-state index < -0.39 is 89.9 Å². The molecule has 0 saturated carbocycles. The van der Waals surface area contributed by atoms with Crippen molar-refractivity contribution in [3.8, 4) is 0 Å². The summed E-state index contributed by atoms with van der Waals surface area (Å²) in [5, 5.41) is 10.3. The number of halogens is 1. The molecule has 6 N–H and O–H groups in total. The van der Waals surface area contributed by atoms with Crippen molar-refractivity contribution in [2.75, 3.05) is 25.6 Å². The van der Waals surface area contributed by atoms with Crippen LogP contribution in [0.3, 0.4) is 0 Å². The van der Waals surface area contributed by atoms with Gasteiger partial charge in [0.15, 0.2) is 29.4 Å². The number of aromatic amines is 1. The lowest BCUT2D eigenvalue weighted by molar-refractivity contribution is -0.0627. The SMILES string of the molecule is Cc1nc2c(ncn2[C@@H]2O[C@@H]3COP(=O)(O)O[C@H]4[C@H](F)[C@H](c5snc6c(N)ncnc56)O[C@@H]4COP(=O)(O)O[C@@H]2[C@@H]3CO)c(=O)[nH]1. The van der Waals surface area contributed by atoms with Crippen LogP contribution in [0.1, 0.15) is 23.0 Å². The first kappa shape index (κ1) is 31.7. The topological polar surface area (TPSA) is 278 Å². The summed E-state index contributed by atoms with van der Waals surface area (Å²) in [7, 11) is -10.2. The molecule has 0 spiro atoms. The third-order valence-electron chi connectivity index (χ3n) is 7.71. The maximum Gasteiger partial charge on any atom is 0.472 e. The number of aliphatic hydroxyl groups is 1.